The highest BCUT2D eigenvalue weighted by molar-refractivity contribution is 5.92. The molecule has 1 saturated heterocycles. The average Bonchev–Trinajstić information content (AvgIpc) is 2.69. The van der Waals surface area contributed by atoms with Gasteiger partial charge in [-0.3, -0.25) is 4.79 Å². The van der Waals surface area contributed by atoms with Crippen molar-refractivity contribution in [1.82, 2.24) is 0 Å². The normalized spacial score (nSPS) is 21.7. The highest BCUT2D eigenvalue weighted by atomic mass is 35.5. The van der Waals surface area contributed by atoms with Gasteiger partial charge in [-0.1, -0.05) is 31.4 Å². The Morgan fingerprint density at radius 2 is 1.96 bits per heavy atom. The number of amides is 1. The molecule has 1 aromatic carbocycles. The quantitative estimate of drug-likeness (QED) is 0.720. The summed E-state index contributed by atoms with van der Waals surface area (Å²) in [5, 5.41) is 3.04. The van der Waals surface area contributed by atoms with Crippen molar-refractivity contribution in [2.75, 3.05) is 25.1 Å². The molecule has 2 fully saturated rings. The molecule has 1 saturated carbocycles. The number of nitrogens with two attached hydrogens (primary N) is 1. The Hall–Kier alpha value is -1.30. The molecule has 0 radical (unpaired) electrons. The molecular weight excluding hydrogens is 364 g/mol. The maximum Gasteiger partial charge on any atom is 0.225 e. The van der Waals surface area contributed by atoms with Gasteiger partial charge >= 0.3 is 0 Å². The fourth-order valence-electron chi connectivity index (χ4n) is 4.11. The molecule has 1 atom stereocenters. The van der Waals surface area contributed by atoms with Crippen molar-refractivity contribution < 1.29 is 14.3 Å². The van der Waals surface area contributed by atoms with Crippen molar-refractivity contribution >= 4 is 24.0 Å². The van der Waals surface area contributed by atoms with Crippen molar-refractivity contribution in [3.63, 3.8) is 0 Å². The fourth-order valence-corrected chi connectivity index (χ4v) is 4.11. The van der Waals surface area contributed by atoms with Crippen LogP contribution in [0.15, 0.2) is 24.3 Å². The Morgan fingerprint density at radius 1 is 1.19 bits per heavy atom. The van der Waals surface area contributed by atoms with Gasteiger partial charge in [-0.15, -0.1) is 12.4 Å². The number of benzene rings is 1. The summed E-state index contributed by atoms with van der Waals surface area (Å²) in [5.74, 6) is 0.739. The van der Waals surface area contributed by atoms with Crippen LogP contribution in [0.3, 0.4) is 0 Å². The first-order chi connectivity index (χ1) is 12.7. The molecular formula is C21H33ClN2O3. The molecule has 1 aliphatic carbocycles. The summed E-state index contributed by atoms with van der Waals surface area (Å²) < 4.78 is 11.7. The number of nitrogens with one attached hydrogen (secondary N) is 1. The zero-order valence-electron chi connectivity index (χ0n) is 16.1. The van der Waals surface area contributed by atoms with E-state index in [0.717, 1.165) is 38.0 Å². The van der Waals surface area contributed by atoms with E-state index in [1.54, 1.807) is 0 Å². The monoisotopic (exact) mass is 396 g/mol. The molecule has 5 nitrogen and oxygen atoms in total. The lowest BCUT2D eigenvalue weighted by Crippen LogP contribution is -2.36. The lowest BCUT2D eigenvalue weighted by atomic mass is 9.71. The average molecular weight is 397 g/mol. The van der Waals surface area contributed by atoms with Gasteiger partial charge in [0.15, 0.2) is 0 Å². The highest BCUT2D eigenvalue weighted by Crippen LogP contribution is 2.38. The maximum atomic E-state index is 12.7. The predicted molar refractivity (Wildman–Crippen MR) is 111 cm³/mol. The molecule has 1 aromatic rings. The van der Waals surface area contributed by atoms with Gasteiger partial charge in [0.1, 0.15) is 12.4 Å². The van der Waals surface area contributed by atoms with E-state index in [0.29, 0.717) is 25.3 Å². The van der Waals surface area contributed by atoms with Crippen molar-refractivity contribution in [3.8, 4) is 5.75 Å². The van der Waals surface area contributed by atoms with Gasteiger partial charge in [-0.25, -0.2) is 0 Å². The number of rotatable bonds is 7. The Balaban J connectivity index is 0.00000261. The van der Waals surface area contributed by atoms with Crippen LogP contribution >= 0.6 is 12.4 Å². The minimum Gasteiger partial charge on any atom is -0.489 e. The van der Waals surface area contributed by atoms with Crippen LogP contribution in [0.5, 0.6) is 5.75 Å². The fraction of sp³-hybridized carbons (Fsp3) is 0.667. The molecule has 0 spiro atoms. The van der Waals surface area contributed by atoms with Crippen LogP contribution in [-0.2, 0) is 9.53 Å². The number of para-hydroxylation sites is 2. The van der Waals surface area contributed by atoms with E-state index in [1.807, 2.05) is 24.3 Å². The van der Waals surface area contributed by atoms with Crippen LogP contribution in [0.2, 0.25) is 0 Å². The van der Waals surface area contributed by atoms with Crippen molar-refractivity contribution in [2.24, 2.45) is 11.1 Å². The van der Waals surface area contributed by atoms with Gasteiger partial charge in [0.2, 0.25) is 5.91 Å². The highest BCUT2D eigenvalue weighted by Gasteiger charge is 2.33. The van der Waals surface area contributed by atoms with Crippen LogP contribution in [0.1, 0.15) is 57.8 Å². The Labute approximate surface area is 168 Å². The van der Waals surface area contributed by atoms with Crippen LogP contribution in [0.25, 0.3) is 0 Å². The predicted octanol–water partition coefficient (Wildman–Crippen LogP) is 4.29. The lowest BCUT2D eigenvalue weighted by Gasteiger charge is -2.35. The zero-order chi connectivity index (χ0) is 18.2. The summed E-state index contributed by atoms with van der Waals surface area (Å²) in [5.41, 5.74) is 6.72. The van der Waals surface area contributed by atoms with Gasteiger partial charge in [0, 0.05) is 13.0 Å². The van der Waals surface area contributed by atoms with Gasteiger partial charge < -0.3 is 20.5 Å². The molecule has 3 N–H and O–H groups in total. The van der Waals surface area contributed by atoms with Crippen LogP contribution in [0, 0.1) is 5.41 Å². The van der Waals surface area contributed by atoms with E-state index in [2.05, 4.69) is 5.32 Å². The van der Waals surface area contributed by atoms with E-state index < -0.39 is 0 Å². The standard InChI is InChI=1S/C21H32N2O3.ClH/c22-16-21(11-5-1-6-12-21)14-20(24)23-18-9-2-3-10-19(18)26-15-17-8-4-7-13-25-17;/h2-3,9-10,17H,1,4-8,11-16,22H2,(H,23,24);1H. The summed E-state index contributed by atoms with van der Waals surface area (Å²) in [6.07, 6.45) is 9.69. The van der Waals surface area contributed by atoms with E-state index in [9.17, 15) is 4.79 Å². The molecule has 0 bridgehead atoms. The second kappa shape index (κ2) is 10.9. The molecule has 1 unspecified atom stereocenters. The second-order valence-electron chi connectivity index (χ2n) is 7.79. The summed E-state index contributed by atoms with van der Waals surface area (Å²) in [4.78, 5) is 12.7. The molecule has 1 amide bonds. The summed E-state index contributed by atoms with van der Waals surface area (Å²) in [6.45, 7) is 1.92. The first kappa shape index (κ1) is 22.0. The zero-order valence-corrected chi connectivity index (χ0v) is 16.9. The lowest BCUT2D eigenvalue weighted by molar-refractivity contribution is -0.118. The first-order valence-electron chi connectivity index (χ1n) is 10.0. The van der Waals surface area contributed by atoms with E-state index >= 15 is 0 Å². The molecule has 6 heteroatoms. The van der Waals surface area contributed by atoms with E-state index in [-0.39, 0.29) is 29.8 Å². The first-order valence-corrected chi connectivity index (χ1v) is 10.0. The molecule has 2 aliphatic rings. The Morgan fingerprint density at radius 3 is 2.67 bits per heavy atom. The minimum absolute atomic E-state index is 0. The third kappa shape index (κ3) is 6.37. The van der Waals surface area contributed by atoms with Crippen LogP contribution < -0.4 is 15.8 Å². The summed E-state index contributed by atoms with van der Waals surface area (Å²) >= 11 is 0. The summed E-state index contributed by atoms with van der Waals surface area (Å²) in [7, 11) is 0. The Bertz CT molecular complexity index is 585. The largest absolute Gasteiger partial charge is 0.489 e. The molecule has 3 rings (SSSR count). The number of hydrogen-bond donors (Lipinski definition) is 2. The minimum atomic E-state index is -0.0337. The molecule has 0 aromatic heterocycles. The smallest absolute Gasteiger partial charge is 0.225 e. The van der Waals surface area contributed by atoms with Crippen molar-refractivity contribution in [1.29, 1.82) is 0 Å². The van der Waals surface area contributed by atoms with Crippen LogP contribution in [0.4, 0.5) is 5.69 Å². The van der Waals surface area contributed by atoms with E-state index in [4.69, 9.17) is 15.2 Å². The number of carbonyl (C=O) groups is 1. The molecule has 1 heterocycles. The SMILES string of the molecule is Cl.NCC1(CC(=O)Nc2ccccc2OCC2CCCCO2)CCCCC1. The summed E-state index contributed by atoms with van der Waals surface area (Å²) in [6, 6.07) is 7.64. The number of ether oxygens (including phenoxy) is 2. The van der Waals surface area contributed by atoms with Gasteiger partial charge in [0.05, 0.1) is 11.8 Å². The molecule has 1 aliphatic heterocycles. The van der Waals surface area contributed by atoms with Gasteiger partial charge in [-0.2, -0.15) is 0 Å². The Kier molecular flexibility index (Phi) is 8.87. The number of anilines is 1. The third-order valence-electron chi connectivity index (χ3n) is 5.74. The van der Waals surface area contributed by atoms with Crippen LogP contribution in [-0.4, -0.2) is 31.8 Å². The topological polar surface area (TPSA) is 73.6 Å². The van der Waals surface area contributed by atoms with Crippen molar-refractivity contribution in [2.45, 2.75) is 63.9 Å². The van der Waals surface area contributed by atoms with Gasteiger partial charge in [0.25, 0.3) is 0 Å². The van der Waals surface area contributed by atoms with Gasteiger partial charge in [-0.05, 0) is 56.2 Å². The maximum absolute atomic E-state index is 12.7. The number of hydrogen-bond acceptors (Lipinski definition) is 4. The second-order valence-corrected chi connectivity index (χ2v) is 7.79. The molecule has 27 heavy (non-hydrogen) atoms. The molecule has 152 valence electrons. The number of carbonyl (C=O) groups excluding carboxylic acids is 1. The van der Waals surface area contributed by atoms with E-state index in [1.165, 1.54) is 25.7 Å². The third-order valence-corrected chi connectivity index (χ3v) is 5.74. The van der Waals surface area contributed by atoms with Crippen molar-refractivity contribution in [3.05, 3.63) is 24.3 Å². The number of halogens is 1.